The Morgan fingerprint density at radius 3 is 2.75 bits per heavy atom. The minimum absolute atomic E-state index is 0.101. The minimum Gasteiger partial charge on any atom is -0.493 e. The second-order valence-electron chi connectivity index (χ2n) is 11.0. The van der Waals surface area contributed by atoms with E-state index in [1.54, 1.807) is 25.2 Å². The Labute approximate surface area is 261 Å². The van der Waals surface area contributed by atoms with E-state index in [9.17, 15) is 14.0 Å². The topological polar surface area (TPSA) is 89.6 Å². The Kier molecular flexibility index (Phi) is 10.7. The highest BCUT2D eigenvalue weighted by molar-refractivity contribution is 6.31. The van der Waals surface area contributed by atoms with Crippen molar-refractivity contribution in [1.29, 1.82) is 0 Å². The van der Waals surface area contributed by atoms with Crippen LogP contribution >= 0.6 is 11.6 Å². The molecule has 0 radical (unpaired) electrons. The zero-order valence-electron chi connectivity index (χ0n) is 24.9. The predicted octanol–water partition coefficient (Wildman–Crippen LogP) is 5.05. The SMILES string of the molecule is COCCCN1CC(=O)N[C@H]2CN(C(=O)c3cccc(Cl)c3F)CC[C@H]2OCc2cccc(c2)Oc2cc(ccc2OC)C1. The number of piperidine rings is 1. The van der Waals surface area contributed by atoms with E-state index in [4.69, 9.17) is 30.5 Å². The smallest absolute Gasteiger partial charge is 0.256 e. The van der Waals surface area contributed by atoms with Crippen molar-refractivity contribution in [2.24, 2.45) is 0 Å². The number of benzene rings is 3. The van der Waals surface area contributed by atoms with E-state index in [-0.39, 0.29) is 42.3 Å². The second kappa shape index (κ2) is 14.9. The molecule has 1 saturated heterocycles. The summed E-state index contributed by atoms with van der Waals surface area (Å²) in [6.45, 7) is 2.55. The molecule has 2 aliphatic rings. The first kappa shape index (κ1) is 31.7. The van der Waals surface area contributed by atoms with Gasteiger partial charge in [0.05, 0.1) is 43.0 Å². The molecule has 2 aliphatic heterocycles. The average molecular weight is 626 g/mol. The molecule has 5 rings (SSSR count). The number of nitrogens with one attached hydrogen (secondary N) is 1. The number of rotatable bonds is 6. The molecule has 0 aliphatic carbocycles. The van der Waals surface area contributed by atoms with Gasteiger partial charge in [0.25, 0.3) is 5.91 Å². The first-order valence-corrected chi connectivity index (χ1v) is 15.0. The fourth-order valence-corrected chi connectivity index (χ4v) is 5.76. The van der Waals surface area contributed by atoms with Crippen molar-refractivity contribution >= 4 is 23.4 Å². The molecule has 4 bridgehead atoms. The van der Waals surface area contributed by atoms with Crippen molar-refractivity contribution in [3.8, 4) is 17.2 Å². The summed E-state index contributed by atoms with van der Waals surface area (Å²) in [6, 6.07) is 17.2. The van der Waals surface area contributed by atoms with Gasteiger partial charge in [0, 0.05) is 39.9 Å². The van der Waals surface area contributed by atoms with Crippen molar-refractivity contribution in [2.45, 2.75) is 38.1 Å². The van der Waals surface area contributed by atoms with Crippen molar-refractivity contribution in [2.75, 3.05) is 47.0 Å². The number of nitrogens with zero attached hydrogens (tertiary/aromatic N) is 2. The van der Waals surface area contributed by atoms with Crippen LogP contribution in [0, 0.1) is 5.82 Å². The first-order valence-electron chi connectivity index (χ1n) is 14.6. The summed E-state index contributed by atoms with van der Waals surface area (Å²) >= 11 is 5.95. The van der Waals surface area contributed by atoms with Gasteiger partial charge < -0.3 is 29.2 Å². The van der Waals surface area contributed by atoms with E-state index >= 15 is 0 Å². The molecule has 3 aromatic rings. The summed E-state index contributed by atoms with van der Waals surface area (Å²) in [5.74, 6) is 0.371. The summed E-state index contributed by atoms with van der Waals surface area (Å²) in [5, 5.41) is 3.01. The number of likely N-dealkylation sites (tertiary alicyclic amines) is 1. The fraction of sp³-hybridized carbons (Fsp3) is 0.394. The van der Waals surface area contributed by atoms with E-state index in [0.29, 0.717) is 49.9 Å². The summed E-state index contributed by atoms with van der Waals surface area (Å²) < 4.78 is 38.1. The number of hydrogen-bond donors (Lipinski definition) is 1. The average Bonchev–Trinajstić information content (AvgIpc) is 3.01. The normalized spacial score (nSPS) is 19.5. The molecule has 3 aromatic carbocycles. The standard InChI is InChI=1S/C33H37ClFN3O6/c1-41-15-5-13-37-18-22-10-11-29(42-2)30(17-22)44-24-7-3-6-23(16-24)21-43-28-12-14-38(19-27(28)36-31(39)20-37)33(40)25-8-4-9-26(34)32(25)35/h3-4,6-11,16-17,27-28H,5,12-15,18-21H2,1-2H3,(H,36,39)/t27-,28+/m0/s1. The van der Waals surface area contributed by atoms with Crippen molar-refractivity contribution in [3.05, 3.63) is 88.2 Å². The van der Waals surface area contributed by atoms with Crippen molar-refractivity contribution < 1.29 is 32.9 Å². The van der Waals surface area contributed by atoms with Crippen LogP contribution in [0.3, 0.4) is 0 Å². The van der Waals surface area contributed by atoms with Crippen LogP contribution < -0.4 is 14.8 Å². The molecular weight excluding hydrogens is 589 g/mol. The largest absolute Gasteiger partial charge is 0.493 e. The van der Waals surface area contributed by atoms with Gasteiger partial charge in [-0.25, -0.2) is 4.39 Å². The number of fused-ring (bicyclic) bond motifs is 5. The minimum atomic E-state index is -0.755. The number of hydrogen-bond acceptors (Lipinski definition) is 7. The Bertz CT molecular complexity index is 1470. The van der Waals surface area contributed by atoms with E-state index in [1.807, 2.05) is 47.4 Å². The lowest BCUT2D eigenvalue weighted by Crippen LogP contribution is -2.58. The van der Waals surface area contributed by atoms with Crippen LogP contribution in [0.4, 0.5) is 4.39 Å². The number of methoxy groups -OCH3 is 2. The van der Waals surface area contributed by atoms with Gasteiger partial charge in [-0.1, -0.05) is 35.9 Å². The molecule has 1 N–H and O–H groups in total. The third kappa shape index (κ3) is 7.87. The fourth-order valence-electron chi connectivity index (χ4n) is 5.58. The van der Waals surface area contributed by atoms with E-state index in [2.05, 4.69) is 5.32 Å². The molecule has 2 amide bonds. The number of halogens is 2. The van der Waals surface area contributed by atoms with Gasteiger partial charge in [-0.2, -0.15) is 0 Å². The van der Waals surface area contributed by atoms with Crippen LogP contribution in [0.2, 0.25) is 5.02 Å². The number of carbonyl (C=O) groups is 2. The molecule has 1 fully saturated rings. The third-order valence-corrected chi connectivity index (χ3v) is 8.07. The highest BCUT2D eigenvalue weighted by Gasteiger charge is 2.35. The monoisotopic (exact) mass is 625 g/mol. The highest BCUT2D eigenvalue weighted by Crippen LogP contribution is 2.33. The molecule has 9 nitrogen and oxygen atoms in total. The van der Waals surface area contributed by atoms with E-state index < -0.39 is 17.8 Å². The summed E-state index contributed by atoms with van der Waals surface area (Å²) in [5.41, 5.74) is 1.74. The zero-order chi connectivity index (χ0) is 31.1. The first-order chi connectivity index (χ1) is 21.3. The Balaban J connectivity index is 1.42. The molecule has 11 heteroatoms. The number of ether oxygens (including phenoxy) is 4. The van der Waals surface area contributed by atoms with Crippen LogP contribution in [-0.2, 0) is 27.4 Å². The maximum Gasteiger partial charge on any atom is 0.256 e. The van der Waals surface area contributed by atoms with Crippen LogP contribution in [0.5, 0.6) is 17.2 Å². The molecule has 0 saturated carbocycles. The van der Waals surface area contributed by atoms with Gasteiger partial charge in [-0.15, -0.1) is 0 Å². The number of amides is 2. The summed E-state index contributed by atoms with van der Waals surface area (Å²) in [4.78, 5) is 30.4. The zero-order valence-corrected chi connectivity index (χ0v) is 25.6. The molecule has 2 heterocycles. The molecule has 0 spiro atoms. The maximum atomic E-state index is 14.7. The van der Waals surface area contributed by atoms with Crippen LogP contribution in [0.15, 0.2) is 60.7 Å². The van der Waals surface area contributed by atoms with Crippen LogP contribution in [0.1, 0.15) is 34.3 Å². The molecular formula is C33H37ClFN3O6. The van der Waals surface area contributed by atoms with Crippen LogP contribution in [-0.4, -0.2) is 80.8 Å². The molecule has 0 aromatic heterocycles. The molecule has 44 heavy (non-hydrogen) atoms. The molecule has 234 valence electrons. The lowest BCUT2D eigenvalue weighted by Gasteiger charge is -2.39. The van der Waals surface area contributed by atoms with Gasteiger partial charge in [0.2, 0.25) is 5.91 Å². The van der Waals surface area contributed by atoms with Gasteiger partial charge in [0.1, 0.15) is 5.75 Å². The molecule has 2 atom stereocenters. The van der Waals surface area contributed by atoms with Crippen molar-refractivity contribution in [3.63, 3.8) is 0 Å². The Morgan fingerprint density at radius 1 is 1.09 bits per heavy atom. The number of carbonyl (C=O) groups excluding carboxylic acids is 2. The van der Waals surface area contributed by atoms with Gasteiger partial charge in [-0.3, -0.25) is 14.5 Å². The van der Waals surface area contributed by atoms with Gasteiger partial charge >= 0.3 is 0 Å². The lowest BCUT2D eigenvalue weighted by molar-refractivity contribution is -0.125. The predicted molar refractivity (Wildman–Crippen MR) is 164 cm³/mol. The Morgan fingerprint density at radius 2 is 1.93 bits per heavy atom. The van der Waals surface area contributed by atoms with Gasteiger partial charge in [0.15, 0.2) is 17.3 Å². The summed E-state index contributed by atoms with van der Waals surface area (Å²) in [6.07, 6.45) is 0.812. The quantitative estimate of drug-likeness (QED) is 0.384. The van der Waals surface area contributed by atoms with Crippen molar-refractivity contribution in [1.82, 2.24) is 15.1 Å². The van der Waals surface area contributed by atoms with Gasteiger partial charge in [-0.05, 0) is 60.4 Å². The Hall–Kier alpha value is -3.70. The second-order valence-corrected chi connectivity index (χ2v) is 11.4. The summed E-state index contributed by atoms with van der Waals surface area (Å²) in [7, 11) is 3.25. The maximum absolute atomic E-state index is 14.7. The highest BCUT2D eigenvalue weighted by atomic mass is 35.5. The van der Waals surface area contributed by atoms with E-state index in [0.717, 1.165) is 17.5 Å². The van der Waals surface area contributed by atoms with E-state index in [1.165, 1.54) is 12.1 Å². The van der Waals surface area contributed by atoms with Crippen LogP contribution in [0.25, 0.3) is 0 Å². The molecule has 0 unspecified atom stereocenters. The third-order valence-electron chi connectivity index (χ3n) is 7.78. The lowest BCUT2D eigenvalue weighted by atomic mass is 10.00.